The molecule has 0 unspecified atom stereocenters. The van der Waals surface area contributed by atoms with E-state index in [0.717, 1.165) is 118 Å². The summed E-state index contributed by atoms with van der Waals surface area (Å²) in [5.74, 6) is 0. The molecular weight excluding hydrogens is 1010 g/mol. The van der Waals surface area contributed by atoms with E-state index in [1.54, 1.807) is 0 Å². The Bertz CT molecular complexity index is 4640. The molecule has 0 saturated heterocycles. The number of anilines is 8. The third-order valence-electron chi connectivity index (χ3n) is 16.8. The molecule has 4 nitrogen and oxygen atoms in total. The second kappa shape index (κ2) is 20.0. The fourth-order valence-electron chi connectivity index (χ4n) is 12.9. The van der Waals surface area contributed by atoms with Crippen molar-refractivity contribution < 1.29 is 4.42 Å². The molecule has 1 aromatic heterocycles. The van der Waals surface area contributed by atoms with Gasteiger partial charge in [-0.1, -0.05) is 237 Å². The molecule has 16 rings (SSSR count). The summed E-state index contributed by atoms with van der Waals surface area (Å²) < 4.78 is 7.24. The normalized spacial score (nSPS) is 12.3. The van der Waals surface area contributed by atoms with Crippen molar-refractivity contribution in [2.75, 3.05) is 14.6 Å². The summed E-state index contributed by atoms with van der Waals surface area (Å²) >= 11 is 0. The number of benzene rings is 13. The zero-order chi connectivity index (χ0) is 54.8. The Hall–Kier alpha value is -10.9. The predicted molar refractivity (Wildman–Crippen MR) is 349 cm³/mol. The number of hydrogen-bond acceptors (Lipinski definition) is 4. The third kappa shape index (κ3) is 8.32. The minimum Gasteiger partial charge on any atom is -0.455 e. The Morgan fingerprint density at radius 3 is 1.31 bits per heavy atom. The minimum atomic E-state index is -0.302. The number of fused-ring (bicyclic) bond motifs is 8. The van der Waals surface area contributed by atoms with E-state index in [0.29, 0.717) is 0 Å². The van der Waals surface area contributed by atoms with Gasteiger partial charge in [0.2, 0.25) is 0 Å². The maximum Gasteiger partial charge on any atom is 0.333 e. The van der Waals surface area contributed by atoms with Gasteiger partial charge < -0.3 is 19.0 Å². The summed E-state index contributed by atoms with van der Waals surface area (Å²) in [6.45, 7) is -0.302. The number of nitrogens with zero attached hydrogens (tertiary/aromatic N) is 3. The summed E-state index contributed by atoms with van der Waals surface area (Å²) in [6, 6.07) is 115. The zero-order valence-electron chi connectivity index (χ0n) is 45.3. The smallest absolute Gasteiger partial charge is 0.333 e. The van der Waals surface area contributed by atoms with Gasteiger partial charge in [-0.25, -0.2) is 0 Å². The molecule has 14 aromatic rings. The van der Waals surface area contributed by atoms with Crippen LogP contribution in [-0.4, -0.2) is 6.85 Å². The number of furan rings is 1. The van der Waals surface area contributed by atoms with Crippen LogP contribution >= 0.6 is 0 Å². The second-order valence-electron chi connectivity index (χ2n) is 21.6. The Kier molecular flexibility index (Phi) is 11.6. The highest BCUT2D eigenvalue weighted by Gasteiger charge is 2.47. The summed E-state index contributed by atoms with van der Waals surface area (Å²) in [4.78, 5) is 7.57. The molecule has 0 N–H and O–H groups in total. The molecule has 0 fully saturated rings. The Balaban J connectivity index is 0.988. The summed E-state index contributed by atoms with van der Waals surface area (Å²) in [6.07, 6.45) is 0. The van der Waals surface area contributed by atoms with Crippen molar-refractivity contribution in [3.63, 3.8) is 0 Å². The highest BCUT2D eigenvalue weighted by atomic mass is 16.3. The van der Waals surface area contributed by atoms with Crippen LogP contribution in [-0.2, 0) is 0 Å². The average molecular weight is 1060 g/mol. The lowest BCUT2D eigenvalue weighted by molar-refractivity contribution is 0.670. The molecule has 2 aliphatic heterocycles. The van der Waals surface area contributed by atoms with Gasteiger partial charge in [0.15, 0.2) is 0 Å². The number of hydrogen-bond donors (Lipinski definition) is 0. The molecule has 13 aromatic carbocycles. The van der Waals surface area contributed by atoms with Crippen LogP contribution in [0.3, 0.4) is 0 Å². The molecule has 0 saturated carbocycles. The molecule has 0 aliphatic carbocycles. The first-order valence-corrected chi connectivity index (χ1v) is 28.5. The van der Waals surface area contributed by atoms with E-state index < -0.39 is 0 Å². The first kappa shape index (κ1) is 48.1. The first-order chi connectivity index (χ1) is 41.2. The molecule has 0 spiro atoms. The van der Waals surface area contributed by atoms with Crippen LogP contribution in [0.1, 0.15) is 0 Å². The molecule has 0 radical (unpaired) electrons. The Morgan fingerprint density at radius 2 is 0.747 bits per heavy atom. The van der Waals surface area contributed by atoms with E-state index >= 15 is 0 Å². The summed E-state index contributed by atoms with van der Waals surface area (Å²) in [5.41, 5.74) is 26.6. The van der Waals surface area contributed by atoms with Gasteiger partial charge in [0.05, 0.1) is 0 Å². The third-order valence-corrected chi connectivity index (χ3v) is 16.8. The van der Waals surface area contributed by atoms with Crippen LogP contribution in [0, 0.1) is 0 Å². The molecule has 0 bridgehead atoms. The second-order valence-corrected chi connectivity index (χ2v) is 21.6. The fraction of sp³-hybridized carbons (Fsp3) is 0. The van der Waals surface area contributed by atoms with Gasteiger partial charge in [-0.05, 0) is 145 Å². The molecule has 0 amide bonds. The average Bonchev–Trinajstić information content (AvgIpc) is 1.80. The molecule has 83 heavy (non-hydrogen) atoms. The van der Waals surface area contributed by atoms with Gasteiger partial charge in [0.1, 0.15) is 11.2 Å². The number of para-hydroxylation sites is 1. The zero-order valence-corrected chi connectivity index (χ0v) is 45.3. The van der Waals surface area contributed by atoms with Crippen molar-refractivity contribution >= 4 is 85.2 Å². The fourth-order valence-corrected chi connectivity index (χ4v) is 12.9. The summed E-state index contributed by atoms with van der Waals surface area (Å²) in [7, 11) is 0. The van der Waals surface area contributed by atoms with Crippen molar-refractivity contribution in [2.45, 2.75) is 0 Å². The quantitative estimate of drug-likeness (QED) is 0.127. The van der Waals surface area contributed by atoms with Crippen LogP contribution in [0.2, 0.25) is 0 Å². The first-order valence-electron chi connectivity index (χ1n) is 28.5. The van der Waals surface area contributed by atoms with E-state index in [1.807, 2.05) is 0 Å². The minimum absolute atomic E-state index is 0.302. The largest absolute Gasteiger partial charge is 0.455 e. The summed E-state index contributed by atoms with van der Waals surface area (Å²) in [5, 5.41) is 2.16. The van der Waals surface area contributed by atoms with Gasteiger partial charge in [0.25, 0.3) is 0 Å². The van der Waals surface area contributed by atoms with E-state index in [1.165, 1.54) is 27.6 Å². The van der Waals surface area contributed by atoms with Gasteiger partial charge in [0, 0.05) is 67.4 Å². The van der Waals surface area contributed by atoms with Crippen LogP contribution in [0.5, 0.6) is 0 Å². The van der Waals surface area contributed by atoms with Crippen molar-refractivity contribution in [2.24, 2.45) is 0 Å². The Labute approximate surface area is 483 Å². The topological polar surface area (TPSA) is 22.9 Å². The lowest BCUT2D eigenvalue weighted by Crippen LogP contribution is -2.61. The van der Waals surface area contributed by atoms with Crippen molar-refractivity contribution in [1.29, 1.82) is 0 Å². The van der Waals surface area contributed by atoms with Crippen molar-refractivity contribution in [3.05, 3.63) is 315 Å². The SMILES string of the molecule is c1ccc(-c2ccc(N(c3ccc(-c4ccccc4)cc3)c3ccc4c(c3)N(c3cccc(-c5ccccc5)c3)B3c5ccc(-c6ccccc6)cc5N(c5cccc(-c6ccccc6)c5)c5cc6c(oc7ccccc76)c-4c53)cc2)cc1. The van der Waals surface area contributed by atoms with Gasteiger partial charge >= 0.3 is 6.85 Å². The van der Waals surface area contributed by atoms with Gasteiger partial charge in [-0.3, -0.25) is 0 Å². The van der Waals surface area contributed by atoms with Crippen LogP contribution in [0.4, 0.5) is 45.5 Å². The van der Waals surface area contributed by atoms with Crippen molar-refractivity contribution in [1.82, 2.24) is 0 Å². The molecule has 5 heteroatoms. The highest BCUT2D eigenvalue weighted by Crippen LogP contribution is 2.53. The lowest BCUT2D eigenvalue weighted by Gasteiger charge is -2.46. The van der Waals surface area contributed by atoms with Gasteiger partial charge in [-0.2, -0.15) is 0 Å². The van der Waals surface area contributed by atoms with E-state index in [2.05, 4.69) is 330 Å². The monoisotopic (exact) mass is 1060 g/mol. The van der Waals surface area contributed by atoms with Crippen LogP contribution < -0.4 is 25.5 Å². The standard InChI is InChI=1S/C78H52BN3O/c1-6-20-53(21-7-1)58-36-41-63(42-37-58)80(64-43-38-59(39-44-64)54-22-8-2-9-23-54)66-45-46-69-72(51-66)82(67-33-19-31-61(49-67)56-26-12-4-13-27-56)79-71-47-40-62(57-28-14-5-15-29-57)50-73(71)81(65-32-18-30-60(48-65)55-24-10-3-11-25-55)74-52-70-68-34-16-17-35-75(68)83-78(70)76(69)77(74)79/h1-52H. The van der Waals surface area contributed by atoms with Crippen LogP contribution in [0.15, 0.2) is 320 Å². The molecule has 388 valence electrons. The molecule has 3 heterocycles. The van der Waals surface area contributed by atoms with E-state index in [4.69, 9.17) is 4.42 Å². The predicted octanol–water partition coefficient (Wildman–Crippen LogP) is 20.1. The highest BCUT2D eigenvalue weighted by molar-refractivity contribution is 6.94. The number of rotatable bonds is 10. The van der Waals surface area contributed by atoms with E-state index in [-0.39, 0.29) is 6.85 Å². The molecule has 0 atom stereocenters. The van der Waals surface area contributed by atoms with Crippen molar-refractivity contribution in [3.8, 4) is 66.8 Å². The van der Waals surface area contributed by atoms with E-state index in [9.17, 15) is 0 Å². The maximum atomic E-state index is 7.24. The maximum absolute atomic E-state index is 7.24. The Morgan fingerprint density at radius 1 is 0.301 bits per heavy atom. The molecule has 2 aliphatic rings. The van der Waals surface area contributed by atoms with Crippen LogP contribution in [0.25, 0.3) is 88.7 Å². The molecular formula is C78H52BN3O. The van der Waals surface area contributed by atoms with Gasteiger partial charge in [-0.15, -0.1) is 0 Å². The lowest BCUT2D eigenvalue weighted by atomic mass is 9.43.